The average Bonchev–Trinajstić information content (AvgIpc) is 3.17. The van der Waals surface area contributed by atoms with Crippen molar-refractivity contribution in [2.45, 2.75) is 0 Å². The van der Waals surface area contributed by atoms with Crippen molar-refractivity contribution in [3.05, 3.63) is 163 Å². The van der Waals surface area contributed by atoms with Gasteiger partial charge in [-0.05, 0) is 48.6 Å². The van der Waals surface area contributed by atoms with Crippen LogP contribution >= 0.6 is 0 Å². The van der Waals surface area contributed by atoms with Crippen LogP contribution in [0.25, 0.3) is 72.6 Å². The van der Waals surface area contributed by atoms with Gasteiger partial charge in [0.25, 0.3) is 0 Å². The lowest BCUT2D eigenvalue weighted by atomic mass is 9.87. The Labute approximate surface area is 282 Å². The molecule has 0 radical (unpaired) electrons. The van der Waals surface area contributed by atoms with Crippen LogP contribution in [0.4, 0.5) is 5.69 Å². The molecule has 0 atom stereocenters. The first kappa shape index (κ1) is 28.4. The van der Waals surface area contributed by atoms with Gasteiger partial charge >= 0.3 is 0 Å². The topological polar surface area (TPSA) is 86.9 Å². The van der Waals surface area contributed by atoms with Crippen molar-refractivity contribution in [3.8, 4) is 33.8 Å². The molecular formula is C43H28N6. The number of nitrogens with one attached hydrogen (secondary N) is 2. The van der Waals surface area contributed by atoms with Gasteiger partial charge in [0.1, 0.15) is 5.71 Å². The van der Waals surface area contributed by atoms with Gasteiger partial charge in [0.15, 0.2) is 0 Å². The molecule has 6 nitrogen and oxygen atoms in total. The largest absolute Gasteiger partial charge is 0.299 e. The molecule has 0 saturated heterocycles. The van der Waals surface area contributed by atoms with Crippen LogP contribution in [0.2, 0.25) is 0 Å². The normalized spacial score (nSPS) is 13.3. The summed E-state index contributed by atoms with van der Waals surface area (Å²) in [5.74, 6) is 0. The number of pyridine rings is 3. The maximum absolute atomic E-state index is 8.96. The number of benzene rings is 5. The Hall–Kier alpha value is -6.79. The Morgan fingerprint density at radius 2 is 1.12 bits per heavy atom. The Morgan fingerprint density at radius 3 is 1.80 bits per heavy atom. The smallest absolute Gasteiger partial charge is 0.117 e. The van der Waals surface area contributed by atoms with Gasteiger partial charge < -0.3 is 0 Å². The predicted octanol–water partition coefficient (Wildman–Crippen LogP) is 10.2. The molecule has 0 spiro atoms. The fraction of sp³-hybridized carbons (Fsp3) is 0. The molecule has 0 fully saturated rings. The maximum atomic E-state index is 8.96. The number of anilines is 1. The number of rotatable bonds is 5. The summed E-state index contributed by atoms with van der Waals surface area (Å²) >= 11 is 0. The molecule has 2 N–H and O–H groups in total. The Bertz CT molecular complexity index is 2630. The Balaban J connectivity index is 1.24. The first-order chi connectivity index (χ1) is 24.2. The van der Waals surface area contributed by atoms with E-state index in [0.717, 1.165) is 83.3 Å². The molecule has 0 bridgehead atoms. The van der Waals surface area contributed by atoms with E-state index in [0.29, 0.717) is 11.4 Å². The number of nitrogens with zero attached hydrogens (tertiary/aromatic N) is 4. The molecule has 0 unspecified atom stereocenters. The zero-order valence-electron chi connectivity index (χ0n) is 26.3. The van der Waals surface area contributed by atoms with Crippen LogP contribution in [0.3, 0.4) is 0 Å². The number of hydrogen-bond acceptors (Lipinski definition) is 6. The van der Waals surface area contributed by atoms with Crippen molar-refractivity contribution in [1.29, 1.82) is 5.41 Å². The summed E-state index contributed by atoms with van der Waals surface area (Å²) in [7, 11) is 0. The van der Waals surface area contributed by atoms with Gasteiger partial charge in [0, 0.05) is 44.0 Å². The molecule has 1 aliphatic carbocycles. The highest BCUT2D eigenvalue weighted by Gasteiger charge is 2.25. The van der Waals surface area contributed by atoms with Gasteiger partial charge in [-0.2, -0.15) is 5.10 Å². The fourth-order valence-electron chi connectivity index (χ4n) is 6.50. The van der Waals surface area contributed by atoms with E-state index in [1.54, 1.807) is 6.08 Å². The average molecular weight is 629 g/mol. The fourth-order valence-corrected chi connectivity index (χ4v) is 6.50. The highest BCUT2D eigenvalue weighted by molar-refractivity contribution is 6.55. The first-order valence-electron chi connectivity index (χ1n) is 16.2. The van der Waals surface area contributed by atoms with Crippen molar-refractivity contribution in [2.24, 2.45) is 5.10 Å². The summed E-state index contributed by atoms with van der Waals surface area (Å²) in [4.78, 5) is 15.5. The zero-order valence-corrected chi connectivity index (χ0v) is 26.3. The standard InChI is InChI=1S/C43H28N6/c44-35-22-21-33-39(43(35)49-48-32-14-8-3-9-15-32)34-26-31(20-25-38(34)47-40(33)28-12-6-2-7-13-28)37-24-19-30-17-16-29-18-23-36(27-10-4-1-5-11-27)45-41(29)42(30)46-37/h1-26,44,48H/b44-35?,49-43+. The zero-order chi connectivity index (χ0) is 32.7. The second kappa shape index (κ2) is 11.8. The molecule has 8 aromatic rings. The molecule has 0 amide bonds. The molecule has 3 heterocycles. The maximum Gasteiger partial charge on any atom is 0.117 e. The van der Waals surface area contributed by atoms with Crippen molar-refractivity contribution < 1.29 is 0 Å². The third-order valence-corrected chi connectivity index (χ3v) is 8.93. The van der Waals surface area contributed by atoms with E-state index in [1.807, 2.05) is 78.9 Å². The lowest BCUT2D eigenvalue weighted by Gasteiger charge is -2.20. The number of hydrogen-bond donors (Lipinski definition) is 2. The summed E-state index contributed by atoms with van der Waals surface area (Å²) in [6.45, 7) is 0. The molecular weight excluding hydrogens is 601 g/mol. The molecule has 230 valence electrons. The minimum Gasteiger partial charge on any atom is -0.299 e. The van der Waals surface area contributed by atoms with Gasteiger partial charge in [0.05, 0.1) is 45.0 Å². The molecule has 3 aromatic heterocycles. The Kier molecular flexibility index (Phi) is 6.84. The molecule has 9 rings (SSSR count). The number of allylic oxidation sites excluding steroid dienone is 1. The first-order valence-corrected chi connectivity index (χ1v) is 16.2. The molecule has 1 aliphatic rings. The van der Waals surface area contributed by atoms with E-state index in [1.165, 1.54) is 0 Å². The van der Waals surface area contributed by atoms with E-state index in [9.17, 15) is 0 Å². The van der Waals surface area contributed by atoms with E-state index >= 15 is 0 Å². The van der Waals surface area contributed by atoms with E-state index < -0.39 is 0 Å². The van der Waals surface area contributed by atoms with Crippen LogP contribution in [0.5, 0.6) is 0 Å². The summed E-state index contributed by atoms with van der Waals surface area (Å²) in [6.07, 6.45) is 3.78. The minimum atomic E-state index is 0.323. The summed E-state index contributed by atoms with van der Waals surface area (Å²) in [5, 5.41) is 16.7. The third kappa shape index (κ3) is 5.12. The molecule has 6 heteroatoms. The van der Waals surface area contributed by atoms with Gasteiger partial charge in [-0.25, -0.2) is 15.0 Å². The lowest BCUT2D eigenvalue weighted by Crippen LogP contribution is -2.20. The number of aromatic nitrogens is 3. The van der Waals surface area contributed by atoms with Crippen LogP contribution in [0.15, 0.2) is 157 Å². The second-order valence-corrected chi connectivity index (χ2v) is 12.0. The monoisotopic (exact) mass is 628 g/mol. The van der Waals surface area contributed by atoms with Gasteiger partial charge in [-0.1, -0.05) is 109 Å². The van der Waals surface area contributed by atoms with Crippen LogP contribution < -0.4 is 5.43 Å². The van der Waals surface area contributed by atoms with Crippen molar-refractivity contribution in [2.75, 3.05) is 5.43 Å². The van der Waals surface area contributed by atoms with E-state index in [4.69, 9.17) is 25.5 Å². The van der Waals surface area contributed by atoms with Crippen LogP contribution in [-0.2, 0) is 0 Å². The Morgan fingerprint density at radius 1 is 0.531 bits per heavy atom. The van der Waals surface area contributed by atoms with Crippen LogP contribution in [0, 0.1) is 5.41 Å². The number of fused-ring (bicyclic) bond motifs is 6. The van der Waals surface area contributed by atoms with Gasteiger partial charge in [-0.15, -0.1) is 0 Å². The summed E-state index contributed by atoms with van der Waals surface area (Å²) < 4.78 is 0. The van der Waals surface area contributed by atoms with Crippen molar-refractivity contribution in [3.63, 3.8) is 0 Å². The van der Waals surface area contributed by atoms with Gasteiger partial charge in [-0.3, -0.25) is 10.8 Å². The van der Waals surface area contributed by atoms with E-state index in [-0.39, 0.29) is 0 Å². The van der Waals surface area contributed by atoms with Crippen molar-refractivity contribution >= 4 is 55.9 Å². The third-order valence-electron chi connectivity index (χ3n) is 8.93. The summed E-state index contributed by atoms with van der Waals surface area (Å²) in [6, 6.07) is 49.0. The molecule has 49 heavy (non-hydrogen) atoms. The predicted molar refractivity (Wildman–Crippen MR) is 202 cm³/mol. The lowest BCUT2D eigenvalue weighted by molar-refractivity contribution is 1.32. The molecule has 0 saturated carbocycles. The second-order valence-electron chi connectivity index (χ2n) is 12.0. The van der Waals surface area contributed by atoms with E-state index in [2.05, 4.69) is 78.2 Å². The molecule has 0 aliphatic heterocycles. The van der Waals surface area contributed by atoms with Crippen LogP contribution in [-0.4, -0.2) is 26.4 Å². The number of para-hydroxylation sites is 1. The quantitative estimate of drug-likeness (QED) is 0.147. The highest BCUT2D eigenvalue weighted by atomic mass is 15.3. The van der Waals surface area contributed by atoms with Crippen LogP contribution in [0.1, 0.15) is 11.1 Å². The van der Waals surface area contributed by atoms with Crippen molar-refractivity contribution in [1.82, 2.24) is 15.0 Å². The summed E-state index contributed by atoms with van der Waals surface area (Å²) in [5.41, 5.74) is 14.8. The minimum absolute atomic E-state index is 0.323. The van der Waals surface area contributed by atoms with Gasteiger partial charge in [0.2, 0.25) is 0 Å². The number of hydrazone groups is 1. The SMILES string of the molecule is N=C1C=Cc2c(-c3ccccc3)nc3ccc(-c4ccc5ccc6ccc(-c7ccccc7)nc6c5n4)cc3c2/C1=N/Nc1ccccc1. The highest BCUT2D eigenvalue weighted by Crippen LogP contribution is 2.36. The molecule has 5 aromatic carbocycles.